The third-order valence-corrected chi connectivity index (χ3v) is 4.15. The van der Waals surface area contributed by atoms with Crippen molar-refractivity contribution in [3.8, 4) is 0 Å². The Kier molecular flexibility index (Phi) is 3.73. The van der Waals surface area contributed by atoms with E-state index in [2.05, 4.69) is 4.98 Å². The molecule has 1 fully saturated rings. The van der Waals surface area contributed by atoms with Crippen molar-refractivity contribution in [2.75, 3.05) is 6.61 Å². The smallest absolute Gasteiger partial charge is 0.399 e. The van der Waals surface area contributed by atoms with Gasteiger partial charge in [-0.25, -0.2) is 0 Å². The van der Waals surface area contributed by atoms with E-state index in [-0.39, 0.29) is 17.8 Å². The number of hydrogen-bond acceptors (Lipinski definition) is 4. The standard InChI is InChI=1S/C14H22BNO3/c1-10-12(11(7-9-17)6-8-16-10)15-18-13(2,3)14(4,5)19-15/h6,8,17H,7,9H2,1-5H3. The first kappa shape index (κ1) is 14.5. The molecule has 0 radical (unpaired) electrons. The fraction of sp³-hybridized carbons (Fsp3) is 0.643. The Morgan fingerprint density at radius 3 is 2.32 bits per heavy atom. The van der Waals surface area contributed by atoms with Gasteiger partial charge in [0.1, 0.15) is 0 Å². The van der Waals surface area contributed by atoms with Crippen LogP contribution in [0.3, 0.4) is 0 Å². The summed E-state index contributed by atoms with van der Waals surface area (Å²) in [6.45, 7) is 10.2. The number of aliphatic hydroxyl groups is 1. The van der Waals surface area contributed by atoms with Gasteiger partial charge in [0, 0.05) is 24.0 Å². The van der Waals surface area contributed by atoms with Crippen LogP contribution in [0.5, 0.6) is 0 Å². The Morgan fingerprint density at radius 2 is 1.79 bits per heavy atom. The van der Waals surface area contributed by atoms with Crippen LogP contribution in [0.2, 0.25) is 0 Å². The maximum absolute atomic E-state index is 9.18. The Hall–Kier alpha value is -0.905. The van der Waals surface area contributed by atoms with Gasteiger partial charge in [-0.1, -0.05) is 0 Å². The second-order valence-corrected chi connectivity index (χ2v) is 6.03. The summed E-state index contributed by atoms with van der Waals surface area (Å²) in [5, 5.41) is 9.18. The van der Waals surface area contributed by atoms with E-state index >= 15 is 0 Å². The number of pyridine rings is 1. The highest BCUT2D eigenvalue weighted by molar-refractivity contribution is 6.63. The van der Waals surface area contributed by atoms with Crippen LogP contribution in [0.25, 0.3) is 0 Å². The molecule has 0 aromatic carbocycles. The summed E-state index contributed by atoms with van der Waals surface area (Å²) < 4.78 is 12.1. The molecule has 1 aliphatic rings. The van der Waals surface area contributed by atoms with E-state index in [0.717, 1.165) is 16.7 Å². The lowest BCUT2D eigenvalue weighted by Crippen LogP contribution is -2.41. The number of nitrogens with zero attached hydrogens (tertiary/aromatic N) is 1. The first-order valence-corrected chi connectivity index (χ1v) is 6.69. The molecule has 1 aromatic rings. The molecule has 104 valence electrons. The van der Waals surface area contributed by atoms with Crippen LogP contribution in [-0.4, -0.2) is 35.0 Å². The number of aliphatic hydroxyl groups excluding tert-OH is 1. The maximum Gasteiger partial charge on any atom is 0.496 e. The van der Waals surface area contributed by atoms with Crippen LogP contribution < -0.4 is 5.46 Å². The minimum absolute atomic E-state index is 0.107. The molecule has 0 spiro atoms. The monoisotopic (exact) mass is 263 g/mol. The molecule has 19 heavy (non-hydrogen) atoms. The number of hydrogen-bond donors (Lipinski definition) is 1. The second kappa shape index (κ2) is 4.89. The van der Waals surface area contributed by atoms with Crippen molar-refractivity contribution in [3.63, 3.8) is 0 Å². The van der Waals surface area contributed by atoms with Crippen molar-refractivity contribution in [2.24, 2.45) is 0 Å². The molecule has 2 rings (SSSR count). The van der Waals surface area contributed by atoms with Crippen LogP contribution in [-0.2, 0) is 15.7 Å². The lowest BCUT2D eigenvalue weighted by atomic mass is 9.74. The zero-order valence-corrected chi connectivity index (χ0v) is 12.4. The van der Waals surface area contributed by atoms with Gasteiger partial charge >= 0.3 is 7.12 Å². The molecule has 5 heteroatoms. The van der Waals surface area contributed by atoms with Gasteiger partial charge in [0.05, 0.1) is 11.2 Å². The van der Waals surface area contributed by atoms with E-state index < -0.39 is 7.12 Å². The predicted octanol–water partition coefficient (Wildman–Crippen LogP) is 1.22. The van der Waals surface area contributed by atoms with E-state index in [1.54, 1.807) is 6.20 Å². The Balaban J connectivity index is 2.39. The molecule has 4 nitrogen and oxygen atoms in total. The van der Waals surface area contributed by atoms with Crippen LogP contribution in [0, 0.1) is 6.92 Å². The molecule has 0 saturated carbocycles. The van der Waals surface area contributed by atoms with Gasteiger partial charge in [-0.3, -0.25) is 4.98 Å². The Morgan fingerprint density at radius 1 is 1.21 bits per heavy atom. The molecule has 1 aliphatic heterocycles. The van der Waals surface area contributed by atoms with Gasteiger partial charge in [0.15, 0.2) is 0 Å². The highest BCUT2D eigenvalue weighted by Gasteiger charge is 2.52. The largest absolute Gasteiger partial charge is 0.496 e. The minimum atomic E-state index is -0.416. The molecular weight excluding hydrogens is 241 g/mol. The van der Waals surface area contributed by atoms with Crippen molar-refractivity contribution < 1.29 is 14.4 Å². The van der Waals surface area contributed by atoms with Gasteiger partial charge in [-0.15, -0.1) is 0 Å². The first-order valence-electron chi connectivity index (χ1n) is 6.69. The van der Waals surface area contributed by atoms with Gasteiger partial charge in [-0.2, -0.15) is 0 Å². The van der Waals surface area contributed by atoms with Gasteiger partial charge < -0.3 is 14.4 Å². The molecule has 2 heterocycles. The predicted molar refractivity (Wildman–Crippen MR) is 75.5 cm³/mol. The Labute approximate surface area is 115 Å². The second-order valence-electron chi connectivity index (χ2n) is 6.03. The molecule has 1 N–H and O–H groups in total. The van der Waals surface area contributed by atoms with Crippen molar-refractivity contribution in [2.45, 2.75) is 52.2 Å². The van der Waals surface area contributed by atoms with E-state index in [1.165, 1.54) is 0 Å². The van der Waals surface area contributed by atoms with Crippen LogP contribution in [0.15, 0.2) is 12.3 Å². The molecular formula is C14H22BNO3. The van der Waals surface area contributed by atoms with Crippen LogP contribution >= 0.6 is 0 Å². The molecule has 0 amide bonds. The van der Waals surface area contributed by atoms with Gasteiger partial charge in [0.25, 0.3) is 0 Å². The quantitative estimate of drug-likeness (QED) is 0.833. The molecule has 0 atom stereocenters. The summed E-state index contributed by atoms with van der Waals surface area (Å²) in [5.41, 5.74) is 2.15. The molecule has 0 unspecified atom stereocenters. The summed E-state index contributed by atoms with van der Waals surface area (Å²) in [7, 11) is -0.416. The third kappa shape index (κ3) is 2.55. The average molecular weight is 263 g/mol. The number of aryl methyl sites for hydroxylation is 1. The SMILES string of the molecule is Cc1nccc(CCO)c1B1OC(C)(C)C(C)(C)O1. The molecule has 0 aliphatic carbocycles. The fourth-order valence-corrected chi connectivity index (χ4v) is 2.25. The highest BCUT2D eigenvalue weighted by Crippen LogP contribution is 2.36. The van der Waals surface area contributed by atoms with Gasteiger partial charge in [-0.05, 0) is 52.7 Å². The van der Waals surface area contributed by atoms with Gasteiger partial charge in [0.2, 0.25) is 0 Å². The molecule has 1 saturated heterocycles. The fourth-order valence-electron chi connectivity index (χ4n) is 2.25. The Bertz CT molecular complexity index is 458. The lowest BCUT2D eigenvalue weighted by Gasteiger charge is -2.32. The van der Waals surface area contributed by atoms with Crippen LogP contribution in [0.4, 0.5) is 0 Å². The maximum atomic E-state index is 9.18. The number of aromatic nitrogens is 1. The minimum Gasteiger partial charge on any atom is -0.399 e. The van der Waals surface area contributed by atoms with Crippen molar-refractivity contribution in [1.82, 2.24) is 4.98 Å². The summed E-state index contributed by atoms with van der Waals surface area (Å²) in [4.78, 5) is 4.32. The van der Waals surface area contributed by atoms with Crippen LogP contribution in [0.1, 0.15) is 39.0 Å². The van der Waals surface area contributed by atoms with E-state index in [1.807, 2.05) is 40.7 Å². The highest BCUT2D eigenvalue weighted by atomic mass is 16.7. The zero-order valence-electron chi connectivity index (χ0n) is 12.4. The van der Waals surface area contributed by atoms with Crippen molar-refractivity contribution in [3.05, 3.63) is 23.5 Å². The molecule has 1 aromatic heterocycles. The topological polar surface area (TPSA) is 51.6 Å². The summed E-state index contributed by atoms with van der Waals surface area (Å²) in [6.07, 6.45) is 2.35. The van der Waals surface area contributed by atoms with Crippen molar-refractivity contribution in [1.29, 1.82) is 0 Å². The van der Waals surface area contributed by atoms with E-state index in [4.69, 9.17) is 9.31 Å². The normalized spacial score (nSPS) is 20.8. The number of rotatable bonds is 3. The summed E-state index contributed by atoms with van der Waals surface area (Å²) in [6, 6.07) is 1.92. The van der Waals surface area contributed by atoms with E-state index in [9.17, 15) is 5.11 Å². The van der Waals surface area contributed by atoms with E-state index in [0.29, 0.717) is 6.42 Å². The lowest BCUT2D eigenvalue weighted by molar-refractivity contribution is 0.00578. The summed E-state index contributed by atoms with van der Waals surface area (Å²) >= 11 is 0. The van der Waals surface area contributed by atoms with Crippen molar-refractivity contribution >= 4 is 12.6 Å². The third-order valence-electron chi connectivity index (χ3n) is 4.15. The average Bonchev–Trinajstić information content (AvgIpc) is 2.48. The first-order chi connectivity index (χ1) is 8.78. The molecule has 0 bridgehead atoms. The zero-order chi connectivity index (χ0) is 14.3. The summed E-state index contributed by atoms with van der Waals surface area (Å²) in [5.74, 6) is 0.